The Kier molecular flexibility index (Phi) is 5.65. The van der Waals surface area contributed by atoms with E-state index in [9.17, 15) is 9.59 Å². The summed E-state index contributed by atoms with van der Waals surface area (Å²) in [5.41, 5.74) is 2.36. The Balaban J connectivity index is 1.47. The second-order valence-electron chi connectivity index (χ2n) is 5.63. The molecule has 3 aromatic rings. The van der Waals surface area contributed by atoms with Crippen molar-refractivity contribution in [3.8, 4) is 0 Å². The highest BCUT2D eigenvalue weighted by molar-refractivity contribution is 7.14. The van der Waals surface area contributed by atoms with E-state index in [4.69, 9.17) is 4.42 Å². The molecular formula is C18H18N4O3S. The third-order valence-corrected chi connectivity index (χ3v) is 4.24. The van der Waals surface area contributed by atoms with E-state index in [1.165, 1.54) is 11.3 Å². The minimum atomic E-state index is -0.376. The van der Waals surface area contributed by atoms with E-state index in [2.05, 4.69) is 20.9 Å². The number of aryl methyl sites for hydroxylation is 1. The van der Waals surface area contributed by atoms with Crippen molar-refractivity contribution < 1.29 is 14.0 Å². The van der Waals surface area contributed by atoms with E-state index in [1.54, 1.807) is 23.8 Å². The summed E-state index contributed by atoms with van der Waals surface area (Å²) in [5, 5.41) is 10.3. The van der Waals surface area contributed by atoms with E-state index >= 15 is 0 Å². The van der Waals surface area contributed by atoms with Gasteiger partial charge in [-0.2, -0.15) is 0 Å². The first-order valence-electron chi connectivity index (χ1n) is 7.96. The third kappa shape index (κ3) is 5.18. The summed E-state index contributed by atoms with van der Waals surface area (Å²) >= 11 is 1.27. The molecular weight excluding hydrogens is 352 g/mol. The van der Waals surface area contributed by atoms with Gasteiger partial charge in [-0.15, -0.1) is 11.3 Å². The first-order valence-corrected chi connectivity index (χ1v) is 8.84. The molecule has 0 saturated heterocycles. The Morgan fingerprint density at radius 1 is 1.19 bits per heavy atom. The molecule has 0 fully saturated rings. The molecule has 26 heavy (non-hydrogen) atoms. The van der Waals surface area contributed by atoms with Gasteiger partial charge in [-0.1, -0.05) is 12.1 Å². The maximum Gasteiger partial charge on any atom is 0.325 e. The molecule has 0 radical (unpaired) electrons. The lowest BCUT2D eigenvalue weighted by Crippen LogP contribution is -2.24. The molecule has 7 nitrogen and oxygen atoms in total. The van der Waals surface area contributed by atoms with Crippen LogP contribution in [-0.4, -0.2) is 16.9 Å². The van der Waals surface area contributed by atoms with Crippen LogP contribution in [0.1, 0.15) is 17.0 Å². The molecule has 0 atom stereocenters. The summed E-state index contributed by atoms with van der Waals surface area (Å²) in [6, 6.07) is 10.7. The van der Waals surface area contributed by atoms with Gasteiger partial charge in [-0.05, 0) is 36.8 Å². The highest BCUT2D eigenvalue weighted by atomic mass is 32.1. The number of nitrogens with one attached hydrogen (secondary N) is 3. The van der Waals surface area contributed by atoms with E-state index in [-0.39, 0.29) is 18.4 Å². The molecule has 0 aliphatic carbocycles. The number of benzene rings is 1. The molecule has 3 amide bonds. The summed E-state index contributed by atoms with van der Waals surface area (Å²) in [6.07, 6.45) is 1.69. The number of hydrogen-bond donors (Lipinski definition) is 3. The van der Waals surface area contributed by atoms with Crippen molar-refractivity contribution in [3.63, 3.8) is 0 Å². The Hall–Kier alpha value is -3.13. The third-order valence-electron chi connectivity index (χ3n) is 3.43. The van der Waals surface area contributed by atoms with Crippen molar-refractivity contribution in [2.75, 3.05) is 10.6 Å². The lowest BCUT2D eigenvalue weighted by atomic mass is 10.2. The Bertz CT molecular complexity index is 889. The van der Waals surface area contributed by atoms with Crippen LogP contribution in [0.25, 0.3) is 0 Å². The van der Waals surface area contributed by atoms with E-state index in [0.29, 0.717) is 28.8 Å². The molecule has 2 aromatic heterocycles. The maximum absolute atomic E-state index is 12.0. The topological polar surface area (TPSA) is 96.3 Å². The standard InChI is InChI=1S/C18H18N4O3S/c1-12-4-2-5-13(8-12)20-17(24)22-18-21-14(11-26-18)9-16(23)19-10-15-6-3-7-25-15/h2-8,11H,9-10H2,1H3,(H,19,23)(H2,20,21,22,24). The van der Waals surface area contributed by atoms with Crippen LogP contribution in [0.5, 0.6) is 0 Å². The van der Waals surface area contributed by atoms with Gasteiger partial charge in [0.05, 0.1) is 24.9 Å². The number of urea groups is 1. The second-order valence-corrected chi connectivity index (χ2v) is 6.48. The molecule has 0 aliphatic heterocycles. The SMILES string of the molecule is Cc1cccc(NC(=O)Nc2nc(CC(=O)NCc3ccco3)cs2)c1. The fraction of sp³-hybridized carbons (Fsp3) is 0.167. The van der Waals surface area contributed by atoms with Gasteiger partial charge in [-0.25, -0.2) is 9.78 Å². The predicted octanol–water partition coefficient (Wildman–Crippen LogP) is 3.55. The number of thiazole rings is 1. The van der Waals surface area contributed by atoms with Gasteiger partial charge in [0.1, 0.15) is 5.76 Å². The lowest BCUT2D eigenvalue weighted by molar-refractivity contribution is -0.120. The molecule has 3 N–H and O–H groups in total. The van der Waals surface area contributed by atoms with E-state index in [1.807, 2.05) is 31.2 Å². The summed E-state index contributed by atoms with van der Waals surface area (Å²) in [7, 11) is 0. The van der Waals surface area contributed by atoms with Crippen molar-refractivity contribution in [2.45, 2.75) is 19.9 Å². The molecule has 0 bridgehead atoms. The van der Waals surface area contributed by atoms with Crippen LogP contribution >= 0.6 is 11.3 Å². The zero-order valence-corrected chi connectivity index (χ0v) is 14.9. The Morgan fingerprint density at radius 2 is 2.08 bits per heavy atom. The minimum Gasteiger partial charge on any atom is -0.467 e. The molecule has 0 aliphatic rings. The maximum atomic E-state index is 12.0. The molecule has 2 heterocycles. The molecule has 8 heteroatoms. The number of aromatic nitrogens is 1. The minimum absolute atomic E-state index is 0.137. The second kappa shape index (κ2) is 8.30. The highest BCUT2D eigenvalue weighted by Crippen LogP contribution is 2.17. The van der Waals surface area contributed by atoms with Gasteiger partial charge in [0.25, 0.3) is 0 Å². The number of carbonyl (C=O) groups excluding carboxylic acids is 2. The first-order chi connectivity index (χ1) is 12.6. The number of amides is 3. The normalized spacial score (nSPS) is 10.3. The van der Waals surface area contributed by atoms with Gasteiger partial charge in [0.2, 0.25) is 5.91 Å². The summed E-state index contributed by atoms with van der Waals surface area (Å²) in [6.45, 7) is 2.28. The fourth-order valence-electron chi connectivity index (χ4n) is 2.25. The number of hydrogen-bond acceptors (Lipinski definition) is 5. The van der Waals surface area contributed by atoms with Crippen LogP contribution in [0, 0.1) is 6.92 Å². The molecule has 134 valence electrons. The average Bonchev–Trinajstić information content (AvgIpc) is 3.25. The fourth-order valence-corrected chi connectivity index (χ4v) is 2.96. The summed E-state index contributed by atoms with van der Waals surface area (Å²) in [5.74, 6) is 0.522. The van der Waals surface area contributed by atoms with Crippen LogP contribution in [0.3, 0.4) is 0 Å². The predicted molar refractivity (Wildman–Crippen MR) is 100 cm³/mol. The van der Waals surface area contributed by atoms with Gasteiger partial charge >= 0.3 is 6.03 Å². The zero-order chi connectivity index (χ0) is 18.4. The lowest BCUT2D eigenvalue weighted by Gasteiger charge is -2.05. The first kappa shape index (κ1) is 17.7. The molecule has 0 saturated carbocycles. The molecule has 3 rings (SSSR count). The van der Waals surface area contributed by atoms with E-state index in [0.717, 1.165) is 5.56 Å². The van der Waals surface area contributed by atoms with Gasteiger partial charge in [0, 0.05) is 11.1 Å². The molecule has 0 spiro atoms. The molecule has 0 unspecified atom stereocenters. The highest BCUT2D eigenvalue weighted by Gasteiger charge is 2.10. The number of carbonyl (C=O) groups is 2. The zero-order valence-electron chi connectivity index (χ0n) is 14.1. The average molecular weight is 370 g/mol. The van der Waals surface area contributed by atoms with Crippen LogP contribution < -0.4 is 16.0 Å². The van der Waals surface area contributed by atoms with Crippen LogP contribution in [-0.2, 0) is 17.8 Å². The number of nitrogens with zero attached hydrogens (tertiary/aromatic N) is 1. The van der Waals surface area contributed by atoms with Crippen molar-refractivity contribution >= 4 is 34.1 Å². The largest absolute Gasteiger partial charge is 0.467 e. The van der Waals surface area contributed by atoms with Crippen molar-refractivity contribution in [3.05, 3.63) is 65.1 Å². The van der Waals surface area contributed by atoms with Crippen LogP contribution in [0.2, 0.25) is 0 Å². The number of anilines is 2. The Morgan fingerprint density at radius 3 is 2.85 bits per heavy atom. The van der Waals surface area contributed by atoms with Crippen molar-refractivity contribution in [1.82, 2.24) is 10.3 Å². The monoisotopic (exact) mass is 370 g/mol. The number of rotatable bonds is 6. The van der Waals surface area contributed by atoms with Crippen LogP contribution in [0.4, 0.5) is 15.6 Å². The van der Waals surface area contributed by atoms with Gasteiger partial charge < -0.3 is 15.1 Å². The molecule has 1 aromatic carbocycles. The van der Waals surface area contributed by atoms with Gasteiger partial charge in [-0.3, -0.25) is 10.1 Å². The van der Waals surface area contributed by atoms with E-state index < -0.39 is 0 Å². The number of furan rings is 1. The van der Waals surface area contributed by atoms with Crippen molar-refractivity contribution in [1.29, 1.82) is 0 Å². The Labute approximate surface area is 154 Å². The summed E-state index contributed by atoms with van der Waals surface area (Å²) < 4.78 is 5.16. The van der Waals surface area contributed by atoms with Crippen molar-refractivity contribution in [2.24, 2.45) is 0 Å². The van der Waals surface area contributed by atoms with Gasteiger partial charge in [0.15, 0.2) is 5.13 Å². The summed E-state index contributed by atoms with van der Waals surface area (Å²) in [4.78, 5) is 28.2. The van der Waals surface area contributed by atoms with Crippen LogP contribution in [0.15, 0.2) is 52.5 Å². The quantitative estimate of drug-likeness (QED) is 0.618. The smallest absolute Gasteiger partial charge is 0.325 e.